The Morgan fingerprint density at radius 2 is 2.00 bits per heavy atom. The van der Waals surface area contributed by atoms with Crippen LogP contribution in [-0.2, 0) is 17.8 Å². The summed E-state index contributed by atoms with van der Waals surface area (Å²) < 4.78 is 0. The average molecular weight is 384 g/mol. The van der Waals surface area contributed by atoms with Gasteiger partial charge in [0.25, 0.3) is 5.91 Å². The topological polar surface area (TPSA) is 52.7 Å². The van der Waals surface area contributed by atoms with Crippen LogP contribution in [0.5, 0.6) is 0 Å². The first kappa shape index (κ1) is 18.2. The number of hydrogen-bond acceptors (Lipinski definition) is 4. The Labute approximate surface area is 164 Å². The minimum Gasteiger partial charge on any atom is -0.353 e. The molecule has 142 valence electrons. The molecule has 1 saturated heterocycles. The fourth-order valence-corrected chi connectivity index (χ4v) is 4.87. The van der Waals surface area contributed by atoms with Gasteiger partial charge in [0.05, 0.1) is 0 Å². The molecule has 2 amide bonds. The smallest absolute Gasteiger partial charge is 0.254 e. The van der Waals surface area contributed by atoms with E-state index in [4.69, 9.17) is 0 Å². The van der Waals surface area contributed by atoms with E-state index in [2.05, 4.69) is 21.7 Å². The summed E-state index contributed by atoms with van der Waals surface area (Å²) in [4.78, 5) is 31.0. The maximum absolute atomic E-state index is 12.7. The molecule has 0 radical (unpaired) electrons. The molecule has 27 heavy (non-hydrogen) atoms. The SMILES string of the molecule is O=C(NCCN1CCc2sccc2C1)[C@@H]1CCCN1C(=O)c1ccccc1. The number of carbonyl (C=O) groups excluding carboxylic acids is 2. The highest BCUT2D eigenvalue weighted by Crippen LogP contribution is 2.24. The van der Waals surface area contributed by atoms with Crippen LogP contribution >= 0.6 is 11.3 Å². The molecule has 1 aromatic heterocycles. The van der Waals surface area contributed by atoms with Crippen molar-refractivity contribution in [3.8, 4) is 0 Å². The van der Waals surface area contributed by atoms with Gasteiger partial charge in [0.15, 0.2) is 0 Å². The second-order valence-corrected chi connectivity index (χ2v) is 8.21. The molecule has 0 spiro atoms. The Kier molecular flexibility index (Phi) is 5.55. The highest BCUT2D eigenvalue weighted by atomic mass is 32.1. The standard InChI is InChI=1S/C21H25N3O2S/c25-20(22-10-13-23-12-8-19-17(15-23)9-14-27-19)18-7-4-11-24(18)21(26)16-5-2-1-3-6-16/h1-3,5-6,9,14,18H,4,7-8,10-13,15H2,(H,22,25)/t18-/m0/s1. The van der Waals surface area contributed by atoms with E-state index in [1.54, 1.807) is 4.90 Å². The van der Waals surface area contributed by atoms with Gasteiger partial charge in [-0.3, -0.25) is 14.5 Å². The van der Waals surface area contributed by atoms with E-state index in [0.29, 0.717) is 18.7 Å². The molecule has 6 heteroatoms. The molecule has 2 aliphatic rings. The lowest BCUT2D eigenvalue weighted by atomic mass is 10.1. The van der Waals surface area contributed by atoms with Gasteiger partial charge < -0.3 is 10.2 Å². The molecule has 5 nitrogen and oxygen atoms in total. The number of benzene rings is 1. The maximum Gasteiger partial charge on any atom is 0.254 e. The van der Waals surface area contributed by atoms with Crippen molar-refractivity contribution in [1.82, 2.24) is 15.1 Å². The normalized spacial score (nSPS) is 19.7. The highest BCUT2D eigenvalue weighted by molar-refractivity contribution is 7.10. The number of rotatable bonds is 5. The molecule has 3 heterocycles. The van der Waals surface area contributed by atoms with Crippen molar-refractivity contribution in [3.05, 3.63) is 57.8 Å². The molecular formula is C21H25N3O2S. The van der Waals surface area contributed by atoms with Crippen LogP contribution in [0.15, 0.2) is 41.8 Å². The fraction of sp³-hybridized carbons (Fsp3) is 0.429. The first-order valence-corrected chi connectivity index (χ1v) is 10.5. The molecule has 1 atom stereocenters. The Morgan fingerprint density at radius 3 is 2.85 bits per heavy atom. The van der Waals surface area contributed by atoms with Crippen LogP contribution in [0.3, 0.4) is 0 Å². The van der Waals surface area contributed by atoms with Gasteiger partial charge in [-0.1, -0.05) is 18.2 Å². The van der Waals surface area contributed by atoms with Gasteiger partial charge in [0, 0.05) is 43.2 Å². The first-order valence-electron chi connectivity index (χ1n) is 9.64. The zero-order valence-electron chi connectivity index (χ0n) is 15.4. The molecule has 1 N–H and O–H groups in total. The number of nitrogens with one attached hydrogen (secondary N) is 1. The zero-order valence-corrected chi connectivity index (χ0v) is 16.2. The summed E-state index contributed by atoms with van der Waals surface area (Å²) in [5.41, 5.74) is 2.07. The van der Waals surface area contributed by atoms with E-state index < -0.39 is 0 Å². The van der Waals surface area contributed by atoms with Crippen LogP contribution < -0.4 is 5.32 Å². The third-order valence-corrected chi connectivity index (χ3v) is 6.47. The summed E-state index contributed by atoms with van der Waals surface area (Å²) in [5, 5.41) is 5.22. The molecule has 2 aromatic rings. The Morgan fingerprint density at radius 1 is 1.15 bits per heavy atom. The third kappa shape index (κ3) is 4.06. The average Bonchev–Trinajstić information content (AvgIpc) is 3.37. The van der Waals surface area contributed by atoms with Crippen LogP contribution in [0.2, 0.25) is 0 Å². The summed E-state index contributed by atoms with van der Waals surface area (Å²) in [6.07, 6.45) is 2.72. The molecule has 2 aliphatic heterocycles. The molecule has 0 aliphatic carbocycles. The number of carbonyl (C=O) groups is 2. The van der Waals surface area contributed by atoms with Crippen molar-refractivity contribution in [2.24, 2.45) is 0 Å². The van der Waals surface area contributed by atoms with Gasteiger partial charge in [-0.05, 0) is 48.4 Å². The van der Waals surface area contributed by atoms with E-state index in [0.717, 1.165) is 38.9 Å². The number of hydrogen-bond donors (Lipinski definition) is 1. The maximum atomic E-state index is 12.7. The Bertz CT molecular complexity index is 805. The lowest BCUT2D eigenvalue weighted by molar-refractivity contribution is -0.124. The molecule has 4 rings (SSSR count). The number of likely N-dealkylation sites (tertiary alicyclic amines) is 1. The predicted octanol–water partition coefficient (Wildman–Crippen LogP) is 2.53. The summed E-state index contributed by atoms with van der Waals surface area (Å²) in [5.74, 6) is -0.0701. The van der Waals surface area contributed by atoms with Crippen molar-refractivity contribution >= 4 is 23.2 Å². The lowest BCUT2D eigenvalue weighted by Crippen LogP contribution is -2.47. The van der Waals surface area contributed by atoms with Gasteiger partial charge in [0.1, 0.15) is 6.04 Å². The van der Waals surface area contributed by atoms with Gasteiger partial charge in [0.2, 0.25) is 5.91 Å². The fourth-order valence-electron chi connectivity index (χ4n) is 3.98. The Hall–Kier alpha value is -2.18. The van der Waals surface area contributed by atoms with E-state index >= 15 is 0 Å². The van der Waals surface area contributed by atoms with E-state index in [1.807, 2.05) is 41.7 Å². The second kappa shape index (κ2) is 8.23. The molecular weight excluding hydrogens is 358 g/mol. The van der Waals surface area contributed by atoms with Gasteiger partial charge in [-0.15, -0.1) is 11.3 Å². The lowest BCUT2D eigenvalue weighted by Gasteiger charge is -2.28. The minimum atomic E-state index is -0.345. The van der Waals surface area contributed by atoms with Gasteiger partial charge in [-0.25, -0.2) is 0 Å². The number of fused-ring (bicyclic) bond motifs is 1. The van der Waals surface area contributed by atoms with Crippen molar-refractivity contribution in [2.45, 2.75) is 31.8 Å². The summed E-state index contributed by atoms with van der Waals surface area (Å²) >= 11 is 1.84. The molecule has 0 saturated carbocycles. The van der Waals surface area contributed by atoms with E-state index in [1.165, 1.54) is 10.4 Å². The quantitative estimate of drug-likeness (QED) is 0.863. The van der Waals surface area contributed by atoms with Crippen LogP contribution in [0.1, 0.15) is 33.6 Å². The van der Waals surface area contributed by atoms with Crippen LogP contribution in [0.25, 0.3) is 0 Å². The van der Waals surface area contributed by atoms with Crippen molar-refractivity contribution in [1.29, 1.82) is 0 Å². The summed E-state index contributed by atoms with van der Waals surface area (Å²) in [6, 6.07) is 11.1. The minimum absolute atomic E-state index is 0.0231. The summed E-state index contributed by atoms with van der Waals surface area (Å²) in [6.45, 7) is 4.14. The van der Waals surface area contributed by atoms with E-state index in [-0.39, 0.29) is 17.9 Å². The number of amides is 2. The van der Waals surface area contributed by atoms with Gasteiger partial charge in [-0.2, -0.15) is 0 Å². The van der Waals surface area contributed by atoms with Gasteiger partial charge >= 0.3 is 0 Å². The zero-order chi connectivity index (χ0) is 18.6. The molecule has 0 unspecified atom stereocenters. The second-order valence-electron chi connectivity index (χ2n) is 7.21. The summed E-state index contributed by atoms with van der Waals surface area (Å²) in [7, 11) is 0. The van der Waals surface area contributed by atoms with Crippen LogP contribution in [-0.4, -0.2) is 53.8 Å². The monoisotopic (exact) mass is 383 g/mol. The molecule has 1 aromatic carbocycles. The van der Waals surface area contributed by atoms with Crippen molar-refractivity contribution < 1.29 is 9.59 Å². The first-order chi connectivity index (χ1) is 13.2. The predicted molar refractivity (Wildman–Crippen MR) is 107 cm³/mol. The van der Waals surface area contributed by atoms with Crippen molar-refractivity contribution in [2.75, 3.05) is 26.2 Å². The van der Waals surface area contributed by atoms with Crippen molar-refractivity contribution in [3.63, 3.8) is 0 Å². The van der Waals surface area contributed by atoms with E-state index in [9.17, 15) is 9.59 Å². The van der Waals surface area contributed by atoms with Crippen LogP contribution in [0.4, 0.5) is 0 Å². The molecule has 1 fully saturated rings. The number of thiophene rings is 1. The molecule has 0 bridgehead atoms. The van der Waals surface area contributed by atoms with Crippen LogP contribution in [0, 0.1) is 0 Å². The Balaban J connectivity index is 1.28. The third-order valence-electron chi connectivity index (χ3n) is 5.45. The number of nitrogens with zero attached hydrogens (tertiary/aromatic N) is 2. The largest absolute Gasteiger partial charge is 0.353 e. The highest BCUT2D eigenvalue weighted by Gasteiger charge is 2.34.